The smallest absolute Gasteiger partial charge is 0.335 e. The highest BCUT2D eigenvalue weighted by atomic mass is 35.5. The number of nitrogens with one attached hydrogen (secondary N) is 1. The molecule has 37 heavy (non-hydrogen) atoms. The topological polar surface area (TPSA) is 84.2 Å². The normalized spacial score (nSPS) is 17.0. The van der Waals surface area contributed by atoms with Crippen LogP contribution in [0.4, 0.5) is 10.1 Å². The Kier molecular flexibility index (Phi) is 7.60. The molecule has 8 heteroatoms. The Hall–Kier alpha value is -3.19. The average molecular weight is 524 g/mol. The van der Waals surface area contributed by atoms with Crippen LogP contribution in [0.5, 0.6) is 0 Å². The number of halogens is 2. The van der Waals surface area contributed by atoms with Crippen molar-refractivity contribution in [2.45, 2.75) is 70.1 Å². The van der Waals surface area contributed by atoms with E-state index in [0.29, 0.717) is 5.02 Å². The molecule has 0 aliphatic heterocycles. The Morgan fingerprint density at radius 1 is 1.00 bits per heavy atom. The maximum Gasteiger partial charge on any atom is 0.335 e. The molecule has 1 atom stereocenters. The standard InChI is InChI=1S/C29H31ClFN3O3/c30-20-12-14-21(15-13-20)34-27(22-9-5-2-6-10-24(22)33-34)26(18-7-3-1-4-8-18)28(35)32-25-16-11-19(29(36)37)17-23(25)31/h11-18,26H,1-10H2,(H,32,35)(H,36,37). The molecule has 6 nitrogen and oxygen atoms in total. The van der Waals surface area contributed by atoms with Crippen LogP contribution >= 0.6 is 11.6 Å². The van der Waals surface area contributed by atoms with Gasteiger partial charge >= 0.3 is 5.97 Å². The first-order valence-electron chi connectivity index (χ1n) is 13.1. The van der Waals surface area contributed by atoms with Crippen molar-refractivity contribution in [2.24, 2.45) is 5.92 Å². The maximum atomic E-state index is 14.8. The molecule has 1 fully saturated rings. The minimum atomic E-state index is -1.22. The Bertz CT molecular complexity index is 1300. The van der Waals surface area contributed by atoms with Gasteiger partial charge in [0.05, 0.1) is 34.2 Å². The van der Waals surface area contributed by atoms with Crippen molar-refractivity contribution in [2.75, 3.05) is 5.32 Å². The average Bonchev–Trinajstić information content (AvgIpc) is 3.07. The number of hydrogen-bond acceptors (Lipinski definition) is 3. The lowest BCUT2D eigenvalue weighted by molar-refractivity contribution is -0.119. The minimum Gasteiger partial charge on any atom is -0.478 e. The number of rotatable bonds is 6. The van der Waals surface area contributed by atoms with Gasteiger partial charge in [0.1, 0.15) is 5.82 Å². The van der Waals surface area contributed by atoms with Crippen LogP contribution in [0.1, 0.15) is 84.6 Å². The van der Waals surface area contributed by atoms with Gasteiger partial charge < -0.3 is 10.4 Å². The molecule has 2 N–H and O–H groups in total. The molecule has 1 unspecified atom stereocenters. The van der Waals surface area contributed by atoms with E-state index < -0.39 is 17.7 Å². The summed E-state index contributed by atoms with van der Waals surface area (Å²) in [5, 5.41) is 17.6. The lowest BCUT2D eigenvalue weighted by Crippen LogP contribution is -2.31. The van der Waals surface area contributed by atoms with E-state index in [4.69, 9.17) is 16.7 Å². The van der Waals surface area contributed by atoms with Crippen molar-refractivity contribution < 1.29 is 19.1 Å². The zero-order valence-electron chi connectivity index (χ0n) is 20.7. The Morgan fingerprint density at radius 3 is 2.41 bits per heavy atom. The molecule has 3 aromatic rings. The molecular formula is C29H31ClFN3O3. The number of carbonyl (C=O) groups excluding carboxylic acids is 1. The van der Waals surface area contributed by atoms with Gasteiger partial charge in [0, 0.05) is 5.02 Å². The highest BCUT2D eigenvalue weighted by molar-refractivity contribution is 6.30. The van der Waals surface area contributed by atoms with Gasteiger partial charge in [0.25, 0.3) is 0 Å². The predicted octanol–water partition coefficient (Wildman–Crippen LogP) is 6.93. The zero-order chi connectivity index (χ0) is 25.9. The van der Waals surface area contributed by atoms with E-state index in [1.54, 1.807) is 0 Å². The van der Waals surface area contributed by atoms with Gasteiger partial charge in [0.2, 0.25) is 5.91 Å². The Morgan fingerprint density at radius 2 is 1.70 bits per heavy atom. The van der Waals surface area contributed by atoms with Crippen molar-refractivity contribution in [1.29, 1.82) is 0 Å². The van der Waals surface area contributed by atoms with Gasteiger partial charge in [-0.3, -0.25) is 4.79 Å². The molecule has 1 saturated carbocycles. The number of anilines is 1. The second kappa shape index (κ2) is 11.1. The number of nitrogens with zero attached hydrogens (tertiary/aromatic N) is 2. The summed E-state index contributed by atoms with van der Waals surface area (Å²) in [5.41, 5.74) is 3.74. The number of amides is 1. The lowest BCUT2D eigenvalue weighted by Gasteiger charge is -2.31. The van der Waals surface area contributed by atoms with Crippen molar-refractivity contribution >= 4 is 29.2 Å². The van der Waals surface area contributed by atoms with E-state index in [2.05, 4.69) is 5.32 Å². The molecule has 194 valence electrons. The molecule has 0 bridgehead atoms. The zero-order valence-corrected chi connectivity index (χ0v) is 21.4. The summed E-state index contributed by atoms with van der Waals surface area (Å²) in [4.78, 5) is 25.3. The third-order valence-electron chi connectivity index (χ3n) is 7.69. The van der Waals surface area contributed by atoms with E-state index in [1.807, 2.05) is 28.9 Å². The molecule has 0 radical (unpaired) electrons. The minimum absolute atomic E-state index is 0.0144. The van der Waals surface area contributed by atoms with Gasteiger partial charge in [-0.25, -0.2) is 13.9 Å². The maximum absolute atomic E-state index is 14.8. The van der Waals surface area contributed by atoms with Gasteiger partial charge in [-0.1, -0.05) is 37.3 Å². The molecule has 1 amide bonds. The summed E-state index contributed by atoms with van der Waals surface area (Å²) in [6, 6.07) is 11.0. The van der Waals surface area contributed by atoms with E-state index in [9.17, 15) is 19.1 Å². The molecule has 2 aliphatic rings. The number of aromatic nitrogens is 2. The van der Waals surface area contributed by atoms with E-state index in [0.717, 1.165) is 92.9 Å². The molecular weight excluding hydrogens is 493 g/mol. The van der Waals surface area contributed by atoms with Gasteiger partial charge in [-0.05, 0) is 92.5 Å². The van der Waals surface area contributed by atoms with Crippen LogP contribution in [0.25, 0.3) is 5.69 Å². The fourth-order valence-electron chi connectivity index (χ4n) is 5.84. The van der Waals surface area contributed by atoms with Crippen LogP contribution in [-0.4, -0.2) is 26.8 Å². The predicted molar refractivity (Wildman–Crippen MR) is 141 cm³/mol. The second-order valence-corrected chi connectivity index (χ2v) is 10.6. The number of hydrogen-bond donors (Lipinski definition) is 2. The Balaban J connectivity index is 1.60. The molecule has 0 saturated heterocycles. The number of carboxylic acid groups (broad SMARTS) is 1. The third-order valence-corrected chi connectivity index (χ3v) is 7.94. The van der Waals surface area contributed by atoms with Crippen LogP contribution < -0.4 is 5.32 Å². The third kappa shape index (κ3) is 5.42. The first kappa shape index (κ1) is 25.5. The van der Waals surface area contributed by atoms with Crippen molar-refractivity contribution in [3.8, 4) is 5.69 Å². The molecule has 2 aliphatic carbocycles. The first-order valence-corrected chi connectivity index (χ1v) is 13.5. The quantitative estimate of drug-likeness (QED) is 0.343. The highest BCUT2D eigenvalue weighted by Gasteiger charge is 2.37. The summed E-state index contributed by atoms with van der Waals surface area (Å²) in [6.45, 7) is 0. The number of carbonyl (C=O) groups is 2. The number of carboxylic acids is 1. The number of aromatic carboxylic acids is 1. The monoisotopic (exact) mass is 523 g/mol. The summed E-state index contributed by atoms with van der Waals surface area (Å²) in [6.07, 6.45) is 10.0. The fraction of sp³-hybridized carbons (Fsp3) is 0.414. The van der Waals surface area contributed by atoms with Crippen LogP contribution in [0, 0.1) is 11.7 Å². The number of benzene rings is 2. The highest BCUT2D eigenvalue weighted by Crippen LogP contribution is 2.41. The van der Waals surface area contributed by atoms with Crippen LogP contribution in [0.3, 0.4) is 0 Å². The van der Waals surface area contributed by atoms with Gasteiger partial charge in [-0.15, -0.1) is 0 Å². The first-order chi connectivity index (χ1) is 17.9. The molecule has 5 rings (SSSR count). The van der Waals surface area contributed by atoms with Crippen LogP contribution in [0.2, 0.25) is 5.02 Å². The molecule has 1 heterocycles. The summed E-state index contributed by atoms with van der Waals surface area (Å²) in [5.74, 6) is -2.67. The molecule has 2 aromatic carbocycles. The van der Waals surface area contributed by atoms with E-state index in [-0.39, 0.29) is 23.1 Å². The second-order valence-electron chi connectivity index (χ2n) is 10.1. The van der Waals surface area contributed by atoms with E-state index >= 15 is 0 Å². The van der Waals surface area contributed by atoms with Crippen molar-refractivity contribution in [1.82, 2.24) is 9.78 Å². The summed E-state index contributed by atoms with van der Waals surface area (Å²) < 4.78 is 16.7. The number of aryl methyl sites for hydroxylation is 1. The lowest BCUT2D eigenvalue weighted by atomic mass is 9.76. The van der Waals surface area contributed by atoms with Crippen molar-refractivity contribution in [3.63, 3.8) is 0 Å². The molecule has 0 spiro atoms. The number of fused-ring (bicyclic) bond motifs is 1. The molecule has 1 aromatic heterocycles. The van der Waals surface area contributed by atoms with Gasteiger partial charge in [0.15, 0.2) is 0 Å². The Labute approximate surface area is 220 Å². The van der Waals surface area contributed by atoms with E-state index in [1.165, 1.54) is 12.1 Å². The SMILES string of the molecule is O=C(O)c1ccc(NC(=O)C(c2c3c(nn2-c2ccc(Cl)cc2)CCCCC3)C2CCCCC2)c(F)c1. The summed E-state index contributed by atoms with van der Waals surface area (Å²) in [7, 11) is 0. The fourth-order valence-corrected chi connectivity index (χ4v) is 5.97. The van der Waals surface area contributed by atoms with Crippen molar-refractivity contribution in [3.05, 3.63) is 75.8 Å². The summed E-state index contributed by atoms with van der Waals surface area (Å²) >= 11 is 6.17. The van der Waals surface area contributed by atoms with Crippen LogP contribution in [-0.2, 0) is 17.6 Å². The van der Waals surface area contributed by atoms with Gasteiger partial charge in [-0.2, -0.15) is 5.10 Å². The largest absolute Gasteiger partial charge is 0.478 e. The van der Waals surface area contributed by atoms with Crippen LogP contribution in [0.15, 0.2) is 42.5 Å².